The number of nitro benzene ring substituents is 1. The van der Waals surface area contributed by atoms with Gasteiger partial charge in [-0.15, -0.1) is 0 Å². The molecule has 1 aliphatic rings. The van der Waals surface area contributed by atoms with Crippen LogP contribution in [0, 0.1) is 10.1 Å². The summed E-state index contributed by atoms with van der Waals surface area (Å²) < 4.78 is 23.3. The van der Waals surface area contributed by atoms with E-state index in [4.69, 9.17) is 23.8 Å². The molecule has 0 aromatic heterocycles. The third-order valence-electron chi connectivity index (χ3n) is 3.65. The summed E-state index contributed by atoms with van der Waals surface area (Å²) in [6.07, 6.45) is 0.515. The van der Waals surface area contributed by atoms with Crippen molar-refractivity contribution in [2.45, 2.75) is 19.4 Å². The number of sulfone groups is 1. The van der Waals surface area contributed by atoms with E-state index < -0.39 is 14.8 Å². The zero-order chi connectivity index (χ0) is 17.2. The van der Waals surface area contributed by atoms with Crippen molar-refractivity contribution >= 4 is 50.1 Å². The van der Waals surface area contributed by atoms with Crippen LogP contribution in [0.15, 0.2) is 18.2 Å². The van der Waals surface area contributed by atoms with Crippen LogP contribution in [0.5, 0.6) is 0 Å². The van der Waals surface area contributed by atoms with Crippen molar-refractivity contribution in [3.8, 4) is 0 Å². The Morgan fingerprint density at radius 2 is 2.26 bits per heavy atom. The highest BCUT2D eigenvalue weighted by Gasteiger charge is 2.32. The second-order valence-corrected chi connectivity index (χ2v) is 8.22. The number of rotatable bonds is 4. The van der Waals surface area contributed by atoms with E-state index in [-0.39, 0.29) is 23.2 Å². The second-order valence-electron chi connectivity index (χ2n) is 5.19. The summed E-state index contributed by atoms with van der Waals surface area (Å²) in [5, 5.41) is 14.3. The van der Waals surface area contributed by atoms with Gasteiger partial charge in [0.2, 0.25) is 0 Å². The summed E-state index contributed by atoms with van der Waals surface area (Å²) in [6.45, 7) is 2.40. The maximum absolute atomic E-state index is 11.6. The zero-order valence-corrected chi connectivity index (χ0v) is 14.7. The van der Waals surface area contributed by atoms with Crippen LogP contribution in [0.2, 0.25) is 5.02 Å². The molecule has 1 aromatic rings. The van der Waals surface area contributed by atoms with E-state index in [1.54, 1.807) is 4.90 Å². The van der Waals surface area contributed by atoms with E-state index in [0.717, 1.165) is 0 Å². The first kappa shape index (κ1) is 17.9. The highest BCUT2D eigenvalue weighted by molar-refractivity contribution is 7.91. The number of thiocarbonyl (C=S) groups is 1. The van der Waals surface area contributed by atoms with Crippen LogP contribution in [-0.4, -0.2) is 47.4 Å². The van der Waals surface area contributed by atoms with Crippen molar-refractivity contribution in [1.29, 1.82) is 0 Å². The van der Waals surface area contributed by atoms with E-state index in [1.165, 1.54) is 18.2 Å². The Morgan fingerprint density at radius 1 is 1.57 bits per heavy atom. The molecule has 7 nitrogen and oxygen atoms in total. The monoisotopic (exact) mass is 377 g/mol. The summed E-state index contributed by atoms with van der Waals surface area (Å²) in [6, 6.07) is 3.83. The molecule has 1 aliphatic heterocycles. The van der Waals surface area contributed by atoms with E-state index in [0.29, 0.717) is 28.8 Å². The van der Waals surface area contributed by atoms with Gasteiger partial charge in [0.25, 0.3) is 5.69 Å². The van der Waals surface area contributed by atoms with Gasteiger partial charge < -0.3 is 10.2 Å². The molecule has 0 unspecified atom stereocenters. The number of anilines is 1. The van der Waals surface area contributed by atoms with Crippen molar-refractivity contribution < 1.29 is 13.3 Å². The number of nitrogens with zero attached hydrogens (tertiary/aromatic N) is 2. The molecule has 1 saturated heterocycles. The van der Waals surface area contributed by atoms with Crippen LogP contribution in [0.3, 0.4) is 0 Å². The molecular weight excluding hydrogens is 362 g/mol. The Kier molecular flexibility index (Phi) is 5.43. The summed E-state index contributed by atoms with van der Waals surface area (Å²) in [7, 11) is -3.03. The number of benzene rings is 1. The quantitative estimate of drug-likeness (QED) is 0.489. The van der Waals surface area contributed by atoms with Gasteiger partial charge in [0.1, 0.15) is 0 Å². The van der Waals surface area contributed by atoms with Gasteiger partial charge in [-0.2, -0.15) is 0 Å². The number of nitro groups is 1. The maximum Gasteiger partial charge on any atom is 0.271 e. The van der Waals surface area contributed by atoms with Crippen molar-refractivity contribution in [1.82, 2.24) is 4.90 Å². The maximum atomic E-state index is 11.6. The molecule has 0 spiro atoms. The van der Waals surface area contributed by atoms with E-state index in [2.05, 4.69) is 5.32 Å². The van der Waals surface area contributed by atoms with Gasteiger partial charge in [0, 0.05) is 24.7 Å². The average Bonchev–Trinajstić information content (AvgIpc) is 2.81. The molecule has 0 saturated carbocycles. The molecule has 0 amide bonds. The molecule has 126 valence electrons. The number of hydrogen-bond donors (Lipinski definition) is 1. The summed E-state index contributed by atoms with van der Waals surface area (Å²) >= 11 is 11.4. The topological polar surface area (TPSA) is 92.5 Å². The Bertz CT molecular complexity index is 739. The first-order chi connectivity index (χ1) is 10.7. The van der Waals surface area contributed by atoms with E-state index in [9.17, 15) is 18.5 Å². The van der Waals surface area contributed by atoms with E-state index >= 15 is 0 Å². The number of nitrogens with one attached hydrogen (secondary N) is 1. The van der Waals surface area contributed by atoms with Gasteiger partial charge in [-0.25, -0.2) is 8.42 Å². The molecule has 0 radical (unpaired) electrons. The molecule has 0 bridgehead atoms. The lowest BCUT2D eigenvalue weighted by Crippen LogP contribution is -2.43. The lowest BCUT2D eigenvalue weighted by Gasteiger charge is -2.29. The largest absolute Gasteiger partial charge is 0.345 e. The van der Waals surface area contributed by atoms with Crippen molar-refractivity contribution in [3.63, 3.8) is 0 Å². The van der Waals surface area contributed by atoms with Gasteiger partial charge in [-0.3, -0.25) is 10.1 Å². The van der Waals surface area contributed by atoms with E-state index in [1.807, 2.05) is 6.92 Å². The Hall–Kier alpha value is -1.45. The van der Waals surface area contributed by atoms with Gasteiger partial charge >= 0.3 is 0 Å². The predicted octanol–water partition coefficient (Wildman–Crippen LogP) is 2.45. The standard InChI is InChI=1S/C13H16ClN3O4S2/c1-2-16(10-5-6-23(20,21)8-10)13(22)15-12-7-9(17(18)19)3-4-11(12)14/h3-4,7,10H,2,5-6,8H2,1H3,(H,15,22)/t10-/m1/s1. The van der Waals surface area contributed by atoms with Crippen molar-refractivity contribution in [2.75, 3.05) is 23.4 Å². The summed E-state index contributed by atoms with van der Waals surface area (Å²) in [5.74, 6) is 0.208. The summed E-state index contributed by atoms with van der Waals surface area (Å²) in [5.41, 5.74) is 0.219. The fourth-order valence-electron chi connectivity index (χ4n) is 2.50. The molecule has 1 heterocycles. The zero-order valence-electron chi connectivity index (χ0n) is 12.4. The first-order valence-electron chi connectivity index (χ1n) is 6.95. The fourth-order valence-corrected chi connectivity index (χ4v) is 4.78. The highest BCUT2D eigenvalue weighted by atomic mass is 35.5. The van der Waals surface area contributed by atoms with Gasteiger partial charge in [-0.1, -0.05) is 11.6 Å². The minimum absolute atomic E-state index is 0.0608. The Balaban J connectivity index is 2.17. The van der Waals surface area contributed by atoms with Crippen molar-refractivity contribution in [2.24, 2.45) is 0 Å². The van der Waals surface area contributed by atoms with Crippen LogP contribution < -0.4 is 5.32 Å². The molecular formula is C13H16ClN3O4S2. The Morgan fingerprint density at radius 3 is 2.78 bits per heavy atom. The van der Waals surface area contributed by atoms with Crippen LogP contribution in [0.25, 0.3) is 0 Å². The fraction of sp³-hybridized carbons (Fsp3) is 0.462. The first-order valence-corrected chi connectivity index (χ1v) is 9.56. The second kappa shape index (κ2) is 6.98. The highest BCUT2D eigenvalue weighted by Crippen LogP contribution is 2.27. The SMILES string of the molecule is CCN(C(=S)Nc1cc([N+](=O)[O-])ccc1Cl)[C@@H]1CCS(=O)(=O)C1. The third kappa shape index (κ3) is 4.30. The molecule has 0 aliphatic carbocycles. The van der Waals surface area contributed by atoms with Crippen molar-refractivity contribution in [3.05, 3.63) is 33.3 Å². The normalized spacial score (nSPS) is 19.3. The summed E-state index contributed by atoms with van der Waals surface area (Å²) in [4.78, 5) is 12.1. The number of hydrogen-bond acceptors (Lipinski definition) is 5. The minimum atomic E-state index is -3.03. The minimum Gasteiger partial charge on any atom is -0.345 e. The lowest BCUT2D eigenvalue weighted by molar-refractivity contribution is -0.384. The van der Waals surface area contributed by atoms with Crippen LogP contribution >= 0.6 is 23.8 Å². The molecule has 1 fully saturated rings. The van der Waals surface area contributed by atoms with Gasteiger partial charge in [-0.05, 0) is 31.6 Å². The average molecular weight is 378 g/mol. The number of halogens is 1. The predicted molar refractivity (Wildman–Crippen MR) is 93.8 cm³/mol. The van der Waals surface area contributed by atoms with Crippen LogP contribution in [0.4, 0.5) is 11.4 Å². The van der Waals surface area contributed by atoms with Gasteiger partial charge in [0.05, 0.1) is 27.1 Å². The molecule has 10 heteroatoms. The van der Waals surface area contributed by atoms with Crippen LogP contribution in [-0.2, 0) is 9.84 Å². The molecule has 1 N–H and O–H groups in total. The van der Waals surface area contributed by atoms with Gasteiger partial charge in [0.15, 0.2) is 14.9 Å². The lowest BCUT2D eigenvalue weighted by atomic mass is 10.2. The third-order valence-corrected chi connectivity index (χ3v) is 6.07. The van der Waals surface area contributed by atoms with Crippen LogP contribution in [0.1, 0.15) is 13.3 Å². The Labute approximate surface area is 144 Å². The molecule has 23 heavy (non-hydrogen) atoms. The smallest absolute Gasteiger partial charge is 0.271 e. The molecule has 2 rings (SSSR count). The number of non-ortho nitro benzene ring substituents is 1. The molecule has 1 atom stereocenters. The molecule has 1 aromatic carbocycles.